The van der Waals surface area contributed by atoms with Crippen LogP contribution in [-0.4, -0.2) is 39.3 Å². The molecule has 4 rings (SSSR count). The molecule has 1 aliphatic heterocycles. The van der Waals surface area contributed by atoms with Gasteiger partial charge in [-0.15, -0.1) is 10.2 Å². The van der Waals surface area contributed by atoms with E-state index in [0.29, 0.717) is 0 Å². The van der Waals surface area contributed by atoms with Crippen LogP contribution in [0, 0.1) is 10.2 Å². The molecule has 0 unspecified atom stereocenters. The van der Waals surface area contributed by atoms with Crippen LogP contribution in [-0.2, 0) is 0 Å². The van der Waals surface area contributed by atoms with Crippen molar-refractivity contribution in [3.05, 3.63) is 119 Å². The van der Waals surface area contributed by atoms with Crippen molar-refractivity contribution in [3.63, 3.8) is 0 Å². The minimum atomic E-state index is -4.94. The number of nitrogens with zero attached hydrogens (tertiary/aromatic N) is 1. The van der Waals surface area contributed by atoms with Crippen LogP contribution < -0.4 is 18.6 Å². The summed E-state index contributed by atoms with van der Waals surface area (Å²) in [5, 5.41) is 0. The minimum Gasteiger partial charge on any atom is -0.222 e. The third-order valence-corrected chi connectivity index (χ3v) is 7.35. The number of allylic oxidation sites excluding steroid dienone is 8. The van der Waals surface area contributed by atoms with Gasteiger partial charge in [0.05, 0.1) is 0 Å². The van der Waals surface area contributed by atoms with Crippen LogP contribution in [0.3, 0.4) is 0 Å². The first-order valence-corrected chi connectivity index (χ1v) is 13.1. The van der Waals surface area contributed by atoms with E-state index in [9.17, 15) is 0 Å². The molecule has 5 nitrogen and oxygen atoms in total. The molecule has 2 aromatic rings. The van der Waals surface area contributed by atoms with Gasteiger partial charge < -0.3 is 0 Å². The van der Waals surface area contributed by atoms with E-state index in [2.05, 4.69) is 117 Å². The van der Waals surface area contributed by atoms with Gasteiger partial charge in [-0.05, 0) is 0 Å². The molecule has 0 N–H and O–H groups in total. The molecule has 0 bridgehead atoms. The van der Waals surface area contributed by atoms with Crippen LogP contribution >= 0.6 is 0 Å². The molecule has 2 aliphatic rings. The Labute approximate surface area is 202 Å². The molecule has 0 spiro atoms. The zero-order valence-electron chi connectivity index (χ0n) is 18.5. The summed E-state index contributed by atoms with van der Waals surface area (Å²) in [7, 11) is -0.767. The Morgan fingerprint density at radius 2 is 1.15 bits per heavy atom. The fourth-order valence-corrected chi connectivity index (χ4v) is 5.74. The van der Waals surface area contributed by atoms with Crippen molar-refractivity contribution in [2.24, 2.45) is 0 Å². The maximum absolute atomic E-state index is 8.49. The van der Waals surface area contributed by atoms with Gasteiger partial charge in [0.25, 0.3) is 0 Å². The molecule has 0 atom stereocenters. The third kappa shape index (κ3) is 7.49. The van der Waals surface area contributed by atoms with Crippen LogP contribution in [0.15, 0.2) is 108 Å². The first-order chi connectivity index (χ1) is 15.6. The molecule has 1 heterocycles. The molecule has 7 heteroatoms. The zero-order valence-corrected chi connectivity index (χ0v) is 21.0. The smallest absolute Gasteiger partial charge is 0.112 e. The van der Waals surface area contributed by atoms with E-state index in [4.69, 9.17) is 18.6 Å². The Balaban J connectivity index is 0.000000555. The van der Waals surface area contributed by atoms with E-state index in [-0.39, 0.29) is 15.0 Å². The molecule has 0 aromatic heterocycles. The minimum absolute atomic E-state index is 0.281. The van der Waals surface area contributed by atoms with Crippen LogP contribution in [0.5, 0.6) is 0 Å². The molecule has 0 saturated carbocycles. The van der Waals surface area contributed by atoms with Crippen molar-refractivity contribution in [3.8, 4) is 0 Å². The molecular weight excluding hydrogens is 505 g/mol. The summed E-state index contributed by atoms with van der Waals surface area (Å²) >= 11 is 0.281. The fraction of sp³-hybridized carbons (Fsp3) is 0.115. The second kappa shape index (κ2) is 11.1. The van der Waals surface area contributed by atoms with Crippen LogP contribution in [0.2, 0.25) is 0 Å². The van der Waals surface area contributed by atoms with Crippen LogP contribution in [0.4, 0.5) is 0 Å². The Morgan fingerprint density at radius 3 is 1.55 bits per heavy atom. The molecule has 2 aromatic carbocycles. The number of hydrogen-bond acceptors (Lipinski definition) is 4. The number of halogens is 1. The number of benzene rings is 2. The van der Waals surface area contributed by atoms with Gasteiger partial charge in [-0.2, -0.15) is 0 Å². The third-order valence-electron chi connectivity index (χ3n) is 4.95. The van der Waals surface area contributed by atoms with Crippen LogP contribution in [0.1, 0.15) is 18.1 Å². The second-order valence-corrected chi connectivity index (χ2v) is 10.6. The Hall–Kier alpha value is -2.54. The van der Waals surface area contributed by atoms with E-state index in [1.165, 1.54) is 42.5 Å². The quantitative estimate of drug-likeness (QED) is 0.420. The van der Waals surface area contributed by atoms with E-state index in [0.717, 1.165) is 0 Å². The molecule has 1 aliphatic carbocycles. The van der Waals surface area contributed by atoms with Gasteiger partial charge in [-0.1, -0.05) is 0 Å². The summed E-state index contributed by atoms with van der Waals surface area (Å²) < 4.78 is 39.0. The zero-order chi connectivity index (χ0) is 24.0. The van der Waals surface area contributed by atoms with Gasteiger partial charge in [0, 0.05) is 0 Å². The van der Waals surface area contributed by atoms with Crippen molar-refractivity contribution in [2.45, 2.75) is 6.92 Å². The largest absolute Gasteiger partial charge is 0.222 e. The first kappa shape index (κ1) is 25.1. The Morgan fingerprint density at radius 1 is 0.697 bits per heavy atom. The Kier molecular flexibility index (Phi) is 8.40. The average Bonchev–Trinajstić information content (AvgIpc) is 2.79. The summed E-state index contributed by atoms with van der Waals surface area (Å²) in [6.07, 6.45) is 11.5. The summed E-state index contributed by atoms with van der Waals surface area (Å²) in [5.41, 5.74) is 7.80. The van der Waals surface area contributed by atoms with E-state index >= 15 is 0 Å². The Bertz CT molecular complexity index is 1120. The van der Waals surface area contributed by atoms with Gasteiger partial charge >= 0.3 is 174 Å². The molecule has 0 fully saturated rings. The van der Waals surface area contributed by atoms with Crippen LogP contribution in [0.25, 0.3) is 8.94 Å². The second-order valence-electron chi connectivity index (χ2n) is 7.58. The summed E-state index contributed by atoms with van der Waals surface area (Å²) in [6, 6.07) is 21.6. The first-order valence-electron chi connectivity index (χ1n) is 10.1. The SMILES string of the molecule is CC1=CC(=[N+](C)C)C=CC1=C1C=C(c2ccccc2)[Se]C(c2ccccc2)=C1.[O-][Cl+3]([O-])([O-])[O-]. The maximum Gasteiger partial charge on any atom is -0.112 e. The molecular formula is C26H24ClNO4Se. The van der Waals surface area contributed by atoms with E-state index in [1.807, 2.05) is 0 Å². The fourth-order valence-electron chi connectivity index (χ4n) is 3.40. The topological polar surface area (TPSA) is 95.2 Å². The predicted molar refractivity (Wildman–Crippen MR) is 122 cm³/mol. The monoisotopic (exact) mass is 529 g/mol. The van der Waals surface area contributed by atoms with Gasteiger partial charge in [0.1, 0.15) is 0 Å². The predicted octanol–water partition coefficient (Wildman–Crippen LogP) is 0.556. The van der Waals surface area contributed by atoms with Crippen molar-refractivity contribution < 1.29 is 33.5 Å². The van der Waals surface area contributed by atoms with E-state index < -0.39 is 10.2 Å². The standard InChI is InChI=1S/C26H24NSe.ClHO4/c1-19-16-23(27(2)3)14-15-24(19)22-17-25(20-10-6-4-7-11-20)28-26(18-22)21-12-8-5-9-13-21;2-1(3,4)5/h4-18H,1-3H3;(H,2,3,4,5)/q+1;/p-1. The molecule has 0 saturated heterocycles. The van der Waals surface area contributed by atoms with E-state index in [1.54, 1.807) is 0 Å². The van der Waals surface area contributed by atoms with Crippen molar-refractivity contribution in [1.29, 1.82) is 0 Å². The summed E-state index contributed by atoms with van der Waals surface area (Å²) in [4.78, 5) is 0. The van der Waals surface area contributed by atoms with Gasteiger partial charge in [0.15, 0.2) is 0 Å². The van der Waals surface area contributed by atoms with Gasteiger partial charge in [-0.3, -0.25) is 0 Å². The molecule has 33 heavy (non-hydrogen) atoms. The number of rotatable bonds is 2. The van der Waals surface area contributed by atoms with Crippen molar-refractivity contribution in [2.75, 3.05) is 14.1 Å². The number of hydrogen-bond donors (Lipinski definition) is 0. The van der Waals surface area contributed by atoms with Gasteiger partial charge in [0.2, 0.25) is 0 Å². The molecule has 0 amide bonds. The average molecular weight is 529 g/mol. The van der Waals surface area contributed by atoms with Gasteiger partial charge in [-0.25, -0.2) is 18.6 Å². The summed E-state index contributed by atoms with van der Waals surface area (Å²) in [5.74, 6) is 0. The maximum atomic E-state index is 8.49. The normalized spacial score (nSPS) is 15.8. The molecule has 170 valence electrons. The van der Waals surface area contributed by atoms with Crippen molar-refractivity contribution >= 4 is 29.6 Å². The van der Waals surface area contributed by atoms with Crippen molar-refractivity contribution in [1.82, 2.24) is 0 Å². The summed E-state index contributed by atoms with van der Waals surface area (Å²) in [6.45, 7) is 2.21. The molecule has 0 radical (unpaired) electrons.